The van der Waals surface area contributed by atoms with E-state index in [1.54, 1.807) is 24.5 Å². The molecule has 0 aliphatic carbocycles. The topological polar surface area (TPSA) is 67.6 Å². The number of halogens is 2. The van der Waals surface area contributed by atoms with Crippen molar-refractivity contribution in [2.45, 2.75) is 0 Å². The Morgan fingerprint density at radius 1 is 1.05 bits per heavy atom. The Morgan fingerprint density at radius 3 is 2.60 bits per heavy atom. The zero-order valence-electron chi connectivity index (χ0n) is 10.3. The average Bonchev–Trinajstić information content (AvgIpc) is 2.85. The Hall–Kier alpha value is -2.04. The standard InChI is InChI=1S/C14H10Cl2N4/c15-10-4-3-8(6-11(10)16)13-12(14(17)20-19-13)9-2-1-5-18-7-9/h1-7H,(H3,17,19,20). The highest BCUT2D eigenvalue weighted by Gasteiger charge is 2.15. The van der Waals surface area contributed by atoms with Crippen molar-refractivity contribution in [2.24, 2.45) is 0 Å². The van der Waals surface area contributed by atoms with Gasteiger partial charge in [0.1, 0.15) is 0 Å². The molecule has 0 spiro atoms. The van der Waals surface area contributed by atoms with E-state index in [1.165, 1.54) is 0 Å². The molecule has 0 fully saturated rings. The Balaban J connectivity index is 2.18. The molecule has 2 aromatic heterocycles. The number of aromatic amines is 1. The van der Waals surface area contributed by atoms with Crippen LogP contribution in [0.15, 0.2) is 42.7 Å². The minimum Gasteiger partial charge on any atom is -0.382 e. The van der Waals surface area contributed by atoms with Crippen LogP contribution in [0.3, 0.4) is 0 Å². The van der Waals surface area contributed by atoms with Crippen molar-refractivity contribution in [3.05, 3.63) is 52.8 Å². The maximum atomic E-state index is 6.06. The molecule has 3 rings (SSSR count). The van der Waals surface area contributed by atoms with E-state index in [0.29, 0.717) is 15.9 Å². The van der Waals surface area contributed by atoms with Crippen molar-refractivity contribution in [3.8, 4) is 22.4 Å². The molecule has 0 aliphatic heterocycles. The molecule has 0 atom stereocenters. The maximum Gasteiger partial charge on any atom is 0.153 e. The first-order chi connectivity index (χ1) is 9.66. The number of anilines is 1. The van der Waals surface area contributed by atoms with Gasteiger partial charge in [-0.25, -0.2) is 0 Å². The lowest BCUT2D eigenvalue weighted by Crippen LogP contribution is -1.89. The largest absolute Gasteiger partial charge is 0.382 e. The lowest BCUT2D eigenvalue weighted by Gasteiger charge is -2.05. The van der Waals surface area contributed by atoms with Crippen molar-refractivity contribution in [2.75, 3.05) is 5.73 Å². The van der Waals surface area contributed by atoms with Gasteiger partial charge in [-0.2, -0.15) is 5.10 Å². The van der Waals surface area contributed by atoms with Crippen molar-refractivity contribution in [1.29, 1.82) is 0 Å². The summed E-state index contributed by atoms with van der Waals surface area (Å²) in [5.74, 6) is 0.416. The smallest absolute Gasteiger partial charge is 0.153 e. The highest BCUT2D eigenvalue weighted by Crippen LogP contribution is 2.36. The normalized spacial score (nSPS) is 10.7. The van der Waals surface area contributed by atoms with E-state index in [9.17, 15) is 0 Å². The van der Waals surface area contributed by atoms with Gasteiger partial charge in [0.25, 0.3) is 0 Å². The lowest BCUT2D eigenvalue weighted by atomic mass is 10.0. The summed E-state index contributed by atoms with van der Waals surface area (Å²) < 4.78 is 0. The van der Waals surface area contributed by atoms with Crippen LogP contribution in [0.5, 0.6) is 0 Å². The Labute approximate surface area is 125 Å². The molecule has 0 aliphatic rings. The Kier molecular flexibility index (Phi) is 3.34. The van der Waals surface area contributed by atoms with Crippen molar-refractivity contribution in [3.63, 3.8) is 0 Å². The molecule has 20 heavy (non-hydrogen) atoms. The predicted octanol–water partition coefficient (Wildman–Crippen LogP) is 4.03. The third kappa shape index (κ3) is 2.24. The molecular formula is C14H10Cl2N4. The van der Waals surface area contributed by atoms with Gasteiger partial charge in [0, 0.05) is 23.5 Å². The summed E-state index contributed by atoms with van der Waals surface area (Å²) in [7, 11) is 0. The number of benzene rings is 1. The number of aromatic nitrogens is 3. The number of hydrogen-bond donors (Lipinski definition) is 2. The molecular weight excluding hydrogens is 295 g/mol. The Morgan fingerprint density at radius 2 is 1.90 bits per heavy atom. The van der Waals surface area contributed by atoms with Crippen LogP contribution < -0.4 is 5.73 Å². The van der Waals surface area contributed by atoms with Crippen LogP contribution in [-0.2, 0) is 0 Å². The second-order valence-corrected chi connectivity index (χ2v) is 5.04. The first-order valence-electron chi connectivity index (χ1n) is 5.86. The summed E-state index contributed by atoms with van der Waals surface area (Å²) in [6, 6.07) is 9.15. The summed E-state index contributed by atoms with van der Waals surface area (Å²) in [5.41, 5.74) is 9.29. The fraction of sp³-hybridized carbons (Fsp3) is 0. The third-order valence-corrected chi connectivity index (χ3v) is 3.69. The summed E-state index contributed by atoms with van der Waals surface area (Å²) >= 11 is 12.0. The van der Waals surface area contributed by atoms with Gasteiger partial charge in [0.2, 0.25) is 0 Å². The van der Waals surface area contributed by atoms with Crippen LogP contribution in [0.4, 0.5) is 5.82 Å². The first kappa shape index (κ1) is 13.0. The van der Waals surface area contributed by atoms with E-state index in [2.05, 4.69) is 15.2 Å². The minimum atomic E-state index is 0.416. The number of hydrogen-bond acceptors (Lipinski definition) is 3. The third-order valence-electron chi connectivity index (χ3n) is 2.95. The molecule has 0 saturated carbocycles. The lowest BCUT2D eigenvalue weighted by molar-refractivity contribution is 1.10. The molecule has 0 saturated heterocycles. The molecule has 2 heterocycles. The molecule has 1 aromatic carbocycles. The number of nitrogen functional groups attached to an aromatic ring is 1. The molecule has 100 valence electrons. The van der Waals surface area contributed by atoms with Crippen LogP contribution in [-0.4, -0.2) is 15.2 Å². The Bertz CT molecular complexity index is 753. The van der Waals surface area contributed by atoms with Crippen LogP contribution in [0, 0.1) is 0 Å². The molecule has 0 amide bonds. The molecule has 0 unspecified atom stereocenters. The molecule has 3 aromatic rings. The van der Waals surface area contributed by atoms with Gasteiger partial charge in [-0.1, -0.05) is 35.3 Å². The van der Waals surface area contributed by atoms with Gasteiger partial charge in [-0.15, -0.1) is 0 Å². The van der Waals surface area contributed by atoms with Gasteiger partial charge < -0.3 is 5.73 Å². The first-order valence-corrected chi connectivity index (χ1v) is 6.62. The average molecular weight is 305 g/mol. The number of pyridine rings is 1. The summed E-state index contributed by atoms with van der Waals surface area (Å²) in [6.45, 7) is 0. The second kappa shape index (κ2) is 5.15. The molecule has 4 nitrogen and oxygen atoms in total. The van der Waals surface area contributed by atoms with Crippen LogP contribution in [0.1, 0.15) is 0 Å². The van der Waals surface area contributed by atoms with Crippen LogP contribution in [0.25, 0.3) is 22.4 Å². The number of nitrogens with two attached hydrogens (primary N) is 1. The number of nitrogens with zero attached hydrogens (tertiary/aromatic N) is 2. The van der Waals surface area contributed by atoms with E-state index < -0.39 is 0 Å². The fourth-order valence-electron chi connectivity index (χ4n) is 2.02. The number of H-pyrrole nitrogens is 1. The predicted molar refractivity (Wildman–Crippen MR) is 81.7 cm³/mol. The number of rotatable bonds is 2. The summed E-state index contributed by atoms with van der Waals surface area (Å²) in [5, 5.41) is 7.99. The van der Waals surface area contributed by atoms with Crippen molar-refractivity contribution < 1.29 is 0 Å². The zero-order valence-corrected chi connectivity index (χ0v) is 11.8. The van der Waals surface area contributed by atoms with Gasteiger partial charge >= 0.3 is 0 Å². The molecule has 0 radical (unpaired) electrons. The van der Waals surface area contributed by atoms with Gasteiger partial charge in [-0.3, -0.25) is 10.1 Å². The minimum absolute atomic E-state index is 0.416. The van der Waals surface area contributed by atoms with Gasteiger partial charge in [-0.05, 0) is 18.2 Å². The van der Waals surface area contributed by atoms with Gasteiger partial charge in [0.15, 0.2) is 5.82 Å². The quantitative estimate of drug-likeness (QED) is 0.751. The van der Waals surface area contributed by atoms with Crippen LogP contribution >= 0.6 is 23.2 Å². The van der Waals surface area contributed by atoms with E-state index >= 15 is 0 Å². The van der Waals surface area contributed by atoms with Crippen LogP contribution in [0.2, 0.25) is 10.0 Å². The molecule has 3 N–H and O–H groups in total. The highest BCUT2D eigenvalue weighted by molar-refractivity contribution is 6.42. The van der Waals surface area contributed by atoms with E-state index in [-0.39, 0.29) is 0 Å². The SMILES string of the molecule is Nc1n[nH]c(-c2ccc(Cl)c(Cl)c2)c1-c1cccnc1. The summed E-state index contributed by atoms with van der Waals surface area (Å²) in [4.78, 5) is 4.10. The fourth-order valence-corrected chi connectivity index (χ4v) is 2.32. The van der Waals surface area contributed by atoms with E-state index in [4.69, 9.17) is 28.9 Å². The zero-order chi connectivity index (χ0) is 14.1. The monoisotopic (exact) mass is 304 g/mol. The maximum absolute atomic E-state index is 6.06. The van der Waals surface area contributed by atoms with E-state index in [1.807, 2.05) is 18.2 Å². The second-order valence-electron chi connectivity index (χ2n) is 4.23. The van der Waals surface area contributed by atoms with Crippen molar-refractivity contribution in [1.82, 2.24) is 15.2 Å². The number of nitrogens with one attached hydrogen (secondary N) is 1. The van der Waals surface area contributed by atoms with Crippen molar-refractivity contribution >= 4 is 29.0 Å². The molecule has 6 heteroatoms. The van der Waals surface area contributed by atoms with Gasteiger partial charge in [0.05, 0.1) is 21.3 Å². The summed E-state index contributed by atoms with van der Waals surface area (Å²) in [6.07, 6.45) is 3.45. The highest BCUT2D eigenvalue weighted by atomic mass is 35.5. The molecule has 0 bridgehead atoms. The van der Waals surface area contributed by atoms with E-state index in [0.717, 1.165) is 22.4 Å².